The second-order valence-electron chi connectivity index (χ2n) is 10.1. The second kappa shape index (κ2) is 9.85. The molecule has 2 fully saturated rings. The normalized spacial score (nSPS) is 27.1. The van der Waals surface area contributed by atoms with Gasteiger partial charge in [0.25, 0.3) is 0 Å². The number of amides is 4. The summed E-state index contributed by atoms with van der Waals surface area (Å²) in [5.41, 5.74) is 0.123. The third kappa shape index (κ3) is 4.95. The van der Waals surface area contributed by atoms with E-state index in [1.807, 2.05) is 45.0 Å². The Labute approximate surface area is 203 Å². The van der Waals surface area contributed by atoms with Crippen LogP contribution in [-0.4, -0.2) is 57.9 Å². The van der Waals surface area contributed by atoms with E-state index in [9.17, 15) is 18.9 Å². The molecule has 3 aliphatic rings. The topological polar surface area (TPSA) is 120 Å². The van der Waals surface area contributed by atoms with Gasteiger partial charge >= 0.3 is 6.03 Å². The maximum absolute atomic E-state index is 13.3. The van der Waals surface area contributed by atoms with Gasteiger partial charge in [0.15, 0.2) is 0 Å². The van der Waals surface area contributed by atoms with E-state index in [0.29, 0.717) is 51.3 Å². The number of fused-ring (bicyclic) bond motifs is 1. The standard InChI is InChI=1S/C24H33N3O6S/c1-23(2,3)34(31)26-24(12-15-33-19-7-5-4-6-18(19)24)11-8-17-20(28)25-22(30)27(21(17)29)16-9-13-32-14-10-16/h4-7,16-17,26H,8-15H2,1-3H3,(H,25,28,30)/t17?,24-,34?/m0/s1. The fourth-order valence-corrected chi connectivity index (χ4v) is 5.75. The molecule has 3 atom stereocenters. The molecule has 0 saturated carbocycles. The van der Waals surface area contributed by atoms with E-state index in [2.05, 4.69) is 10.0 Å². The third-order valence-electron chi connectivity index (χ3n) is 6.75. The van der Waals surface area contributed by atoms with Crippen molar-refractivity contribution in [3.05, 3.63) is 29.8 Å². The van der Waals surface area contributed by atoms with Gasteiger partial charge in [0.05, 0.1) is 12.1 Å². The van der Waals surface area contributed by atoms with Crippen LogP contribution in [0.1, 0.15) is 58.4 Å². The van der Waals surface area contributed by atoms with Crippen molar-refractivity contribution in [3.8, 4) is 5.75 Å². The fraction of sp³-hybridized carbons (Fsp3) is 0.625. The Hall–Kier alpha value is -2.14. The molecule has 3 heterocycles. The summed E-state index contributed by atoms with van der Waals surface area (Å²) in [4.78, 5) is 39.8. The van der Waals surface area contributed by atoms with Gasteiger partial charge in [-0.25, -0.2) is 4.79 Å². The van der Waals surface area contributed by atoms with E-state index in [4.69, 9.17) is 9.47 Å². The Morgan fingerprint density at radius 2 is 1.88 bits per heavy atom. The fourth-order valence-electron chi connectivity index (χ4n) is 4.77. The van der Waals surface area contributed by atoms with Gasteiger partial charge in [0.1, 0.15) is 16.4 Å². The SMILES string of the molecule is CC(C)(C)[S+]([O-])N[C@@]1(CCC2C(=O)NC(=O)N(C3CCOCC3)C2=O)CCOc2ccccc21. The number of carbonyl (C=O) groups excluding carboxylic acids is 3. The molecule has 3 aliphatic heterocycles. The van der Waals surface area contributed by atoms with Crippen LogP contribution in [0.25, 0.3) is 0 Å². The van der Waals surface area contributed by atoms with Crippen molar-refractivity contribution in [1.29, 1.82) is 0 Å². The molecule has 186 valence electrons. The largest absolute Gasteiger partial charge is 0.598 e. The highest BCUT2D eigenvalue weighted by molar-refractivity contribution is 7.90. The average Bonchev–Trinajstić information content (AvgIpc) is 2.79. The molecular formula is C24H33N3O6S. The van der Waals surface area contributed by atoms with Crippen molar-refractivity contribution in [2.45, 2.75) is 69.2 Å². The van der Waals surface area contributed by atoms with Crippen molar-refractivity contribution < 1.29 is 28.4 Å². The van der Waals surface area contributed by atoms with E-state index in [-0.39, 0.29) is 12.5 Å². The summed E-state index contributed by atoms with van der Waals surface area (Å²) in [5.74, 6) is -1.33. The van der Waals surface area contributed by atoms with Gasteiger partial charge in [-0.05, 0) is 52.5 Å². The Kier molecular flexibility index (Phi) is 7.23. The first-order valence-corrected chi connectivity index (χ1v) is 12.9. The van der Waals surface area contributed by atoms with E-state index >= 15 is 0 Å². The summed E-state index contributed by atoms with van der Waals surface area (Å²) in [5, 5.41) is 2.37. The van der Waals surface area contributed by atoms with E-state index in [1.54, 1.807) is 0 Å². The first kappa shape index (κ1) is 25.0. The molecule has 4 amide bonds. The second-order valence-corrected chi connectivity index (χ2v) is 12.1. The summed E-state index contributed by atoms with van der Waals surface area (Å²) >= 11 is -1.39. The molecular weight excluding hydrogens is 458 g/mol. The molecule has 9 nitrogen and oxygen atoms in total. The summed E-state index contributed by atoms with van der Waals surface area (Å²) in [6, 6.07) is 6.65. The zero-order valence-electron chi connectivity index (χ0n) is 19.9. The van der Waals surface area contributed by atoms with Crippen LogP contribution in [0.15, 0.2) is 24.3 Å². The average molecular weight is 492 g/mol. The maximum atomic E-state index is 13.3. The number of hydrogen-bond acceptors (Lipinski definition) is 7. The molecule has 2 N–H and O–H groups in total. The van der Waals surface area contributed by atoms with Crippen LogP contribution >= 0.6 is 0 Å². The van der Waals surface area contributed by atoms with Crippen LogP contribution < -0.4 is 14.8 Å². The summed E-state index contributed by atoms with van der Waals surface area (Å²) in [7, 11) is 0. The van der Waals surface area contributed by atoms with E-state index < -0.39 is 45.4 Å². The molecule has 10 heteroatoms. The minimum atomic E-state index is -1.39. The highest BCUT2D eigenvalue weighted by atomic mass is 32.2. The number of urea groups is 1. The highest BCUT2D eigenvalue weighted by Crippen LogP contribution is 2.42. The lowest BCUT2D eigenvalue weighted by atomic mass is 9.79. The van der Waals surface area contributed by atoms with Gasteiger partial charge < -0.3 is 14.0 Å². The quantitative estimate of drug-likeness (QED) is 0.463. The molecule has 0 aromatic heterocycles. The number of hydrogen-bond donors (Lipinski definition) is 2. The van der Waals surface area contributed by atoms with Crippen LogP contribution in [0.4, 0.5) is 4.79 Å². The molecule has 1 aromatic rings. The van der Waals surface area contributed by atoms with Crippen LogP contribution in [0.5, 0.6) is 5.75 Å². The van der Waals surface area contributed by atoms with Gasteiger partial charge in [-0.15, -0.1) is 4.72 Å². The summed E-state index contributed by atoms with van der Waals surface area (Å²) < 4.78 is 27.2. The molecule has 34 heavy (non-hydrogen) atoms. The maximum Gasteiger partial charge on any atom is 0.331 e. The van der Waals surface area contributed by atoms with Crippen molar-refractivity contribution in [2.24, 2.45) is 5.92 Å². The lowest BCUT2D eigenvalue weighted by Crippen LogP contribution is -2.62. The Morgan fingerprint density at radius 3 is 2.59 bits per heavy atom. The van der Waals surface area contributed by atoms with Crippen LogP contribution in [0.3, 0.4) is 0 Å². The zero-order chi connectivity index (χ0) is 24.5. The Balaban J connectivity index is 1.59. The monoisotopic (exact) mass is 491 g/mol. The van der Waals surface area contributed by atoms with Gasteiger partial charge in [-0.2, -0.15) is 0 Å². The third-order valence-corrected chi connectivity index (χ3v) is 8.44. The molecule has 2 unspecified atom stereocenters. The molecule has 4 rings (SSSR count). The molecule has 2 saturated heterocycles. The number of carbonyl (C=O) groups is 3. The molecule has 1 aromatic carbocycles. The predicted molar refractivity (Wildman–Crippen MR) is 126 cm³/mol. The number of imide groups is 2. The van der Waals surface area contributed by atoms with Crippen molar-refractivity contribution >= 4 is 29.2 Å². The number of ether oxygens (including phenoxy) is 2. The predicted octanol–water partition coefficient (Wildman–Crippen LogP) is 2.37. The van der Waals surface area contributed by atoms with Crippen molar-refractivity contribution in [1.82, 2.24) is 14.9 Å². The van der Waals surface area contributed by atoms with Gasteiger partial charge in [0, 0.05) is 42.6 Å². The molecule has 0 radical (unpaired) electrons. The lowest BCUT2D eigenvalue weighted by Gasteiger charge is -2.42. The van der Waals surface area contributed by atoms with Crippen LogP contribution in [0, 0.1) is 5.92 Å². The minimum absolute atomic E-state index is 0.209. The number of rotatable bonds is 6. The van der Waals surface area contributed by atoms with Gasteiger partial charge in [-0.3, -0.25) is 19.8 Å². The van der Waals surface area contributed by atoms with Crippen LogP contribution in [-0.2, 0) is 31.2 Å². The highest BCUT2D eigenvalue weighted by Gasteiger charge is 2.48. The lowest BCUT2D eigenvalue weighted by molar-refractivity contribution is -0.145. The first-order chi connectivity index (χ1) is 16.1. The van der Waals surface area contributed by atoms with Crippen molar-refractivity contribution in [2.75, 3.05) is 19.8 Å². The summed E-state index contributed by atoms with van der Waals surface area (Å²) in [6.45, 7) is 7.05. The zero-order valence-corrected chi connectivity index (χ0v) is 20.7. The van der Waals surface area contributed by atoms with Gasteiger partial charge in [0.2, 0.25) is 11.8 Å². The van der Waals surface area contributed by atoms with Gasteiger partial charge in [-0.1, -0.05) is 18.2 Å². The Bertz CT molecular complexity index is 945. The number of nitrogens with zero attached hydrogens (tertiary/aromatic N) is 1. The minimum Gasteiger partial charge on any atom is -0.598 e. The number of para-hydroxylation sites is 1. The first-order valence-electron chi connectivity index (χ1n) is 11.8. The van der Waals surface area contributed by atoms with Crippen LogP contribution in [0.2, 0.25) is 0 Å². The number of benzene rings is 1. The summed E-state index contributed by atoms with van der Waals surface area (Å²) in [6.07, 6.45) is 2.24. The Morgan fingerprint density at radius 1 is 1.18 bits per heavy atom. The molecule has 0 aliphatic carbocycles. The number of nitrogens with one attached hydrogen (secondary N) is 2. The van der Waals surface area contributed by atoms with E-state index in [0.717, 1.165) is 5.56 Å². The van der Waals surface area contributed by atoms with E-state index in [1.165, 1.54) is 4.90 Å². The smallest absolute Gasteiger partial charge is 0.331 e. The van der Waals surface area contributed by atoms with Crippen molar-refractivity contribution in [3.63, 3.8) is 0 Å². The molecule has 0 bridgehead atoms. The molecule has 0 spiro atoms. The number of barbiturate groups is 1.